The number of halogens is 4. The van der Waals surface area contributed by atoms with Crippen LogP contribution in [0.2, 0.25) is 5.02 Å². The Hall–Kier alpha value is -1.57. The number of nitrogens with zero attached hydrogens (tertiary/aromatic N) is 2. The lowest BCUT2D eigenvalue weighted by Gasteiger charge is -2.36. The molecule has 27 heavy (non-hydrogen) atoms. The Labute approximate surface area is 162 Å². The first kappa shape index (κ1) is 20.2. The van der Waals surface area contributed by atoms with Crippen molar-refractivity contribution in [3.63, 3.8) is 0 Å². The summed E-state index contributed by atoms with van der Waals surface area (Å²) in [5.74, 6) is 0.888. The molecule has 0 saturated heterocycles. The van der Waals surface area contributed by atoms with Crippen LogP contribution in [0.5, 0.6) is 0 Å². The minimum atomic E-state index is -4.58. The molecule has 2 aliphatic rings. The standard InChI is InChI=1S/C19H23ClF3N3O/c1-12-10-25-11-14-9-15(20)5-8-17(14)26(12)18(24-2)13-3-6-16(7-4-13)27-19(21,22)23/h5,8-9,13,16,25H,1,3-4,6-7,10-11H2,2H3. The Kier molecular flexibility index (Phi) is 6.13. The van der Waals surface area contributed by atoms with E-state index >= 15 is 0 Å². The number of fused-ring (bicyclic) bond motifs is 1. The van der Waals surface area contributed by atoms with E-state index in [0.29, 0.717) is 43.8 Å². The van der Waals surface area contributed by atoms with E-state index in [2.05, 4.69) is 21.6 Å². The molecule has 0 radical (unpaired) electrons. The van der Waals surface area contributed by atoms with E-state index in [9.17, 15) is 13.2 Å². The molecule has 3 rings (SSSR count). The van der Waals surface area contributed by atoms with Gasteiger partial charge in [0.25, 0.3) is 0 Å². The first-order chi connectivity index (χ1) is 12.8. The number of hydrogen-bond donors (Lipinski definition) is 1. The predicted molar refractivity (Wildman–Crippen MR) is 101 cm³/mol. The van der Waals surface area contributed by atoms with E-state index < -0.39 is 12.5 Å². The number of aliphatic imine (C=N–C) groups is 1. The number of benzene rings is 1. The molecule has 1 saturated carbocycles. The topological polar surface area (TPSA) is 36.9 Å². The third-order valence-electron chi connectivity index (χ3n) is 5.04. The molecular formula is C19H23ClF3N3O. The number of ether oxygens (including phenoxy) is 1. The zero-order valence-electron chi connectivity index (χ0n) is 15.2. The van der Waals surface area contributed by atoms with E-state index in [1.807, 2.05) is 23.1 Å². The van der Waals surface area contributed by atoms with E-state index in [1.165, 1.54) is 0 Å². The van der Waals surface area contributed by atoms with Crippen molar-refractivity contribution in [3.8, 4) is 0 Å². The van der Waals surface area contributed by atoms with Crippen LogP contribution in [0.3, 0.4) is 0 Å². The highest BCUT2D eigenvalue weighted by Crippen LogP contribution is 2.36. The zero-order chi connectivity index (χ0) is 19.6. The van der Waals surface area contributed by atoms with Crippen LogP contribution in [0.4, 0.5) is 18.9 Å². The van der Waals surface area contributed by atoms with E-state index in [1.54, 1.807) is 7.05 Å². The lowest BCUT2D eigenvalue weighted by molar-refractivity contribution is -0.345. The molecular weight excluding hydrogens is 379 g/mol. The van der Waals surface area contributed by atoms with Crippen LogP contribution in [0.25, 0.3) is 0 Å². The van der Waals surface area contributed by atoms with Gasteiger partial charge in [-0.25, -0.2) is 0 Å². The van der Waals surface area contributed by atoms with Crippen molar-refractivity contribution in [1.29, 1.82) is 0 Å². The number of amidine groups is 1. The molecule has 1 fully saturated rings. The maximum atomic E-state index is 12.5. The number of rotatable bonds is 2. The minimum Gasteiger partial charge on any atom is -0.307 e. The van der Waals surface area contributed by atoms with Gasteiger partial charge in [0.1, 0.15) is 5.84 Å². The van der Waals surface area contributed by atoms with Gasteiger partial charge in [-0.3, -0.25) is 9.73 Å². The maximum absolute atomic E-state index is 12.5. The normalized spacial score (nSPS) is 24.6. The molecule has 1 aromatic carbocycles. The van der Waals surface area contributed by atoms with Gasteiger partial charge >= 0.3 is 6.36 Å². The fourth-order valence-corrected chi connectivity index (χ4v) is 4.08. The summed E-state index contributed by atoms with van der Waals surface area (Å²) in [6, 6.07) is 5.68. The average molecular weight is 402 g/mol. The number of hydrogen-bond acceptors (Lipinski definition) is 3. The molecule has 0 atom stereocenters. The van der Waals surface area contributed by atoms with Gasteiger partial charge in [-0.15, -0.1) is 13.2 Å². The molecule has 0 spiro atoms. The smallest absolute Gasteiger partial charge is 0.307 e. The summed E-state index contributed by atoms with van der Waals surface area (Å²) in [7, 11) is 1.72. The van der Waals surface area contributed by atoms with Crippen molar-refractivity contribution < 1.29 is 17.9 Å². The fraction of sp³-hybridized carbons (Fsp3) is 0.526. The van der Waals surface area contributed by atoms with Crippen LogP contribution in [0.15, 0.2) is 35.5 Å². The van der Waals surface area contributed by atoms with Crippen molar-refractivity contribution in [2.45, 2.75) is 44.7 Å². The number of anilines is 1. The van der Waals surface area contributed by atoms with Crippen molar-refractivity contribution in [2.75, 3.05) is 18.5 Å². The predicted octanol–water partition coefficient (Wildman–Crippen LogP) is 4.89. The van der Waals surface area contributed by atoms with Gasteiger partial charge in [0, 0.05) is 36.8 Å². The Morgan fingerprint density at radius 3 is 2.59 bits per heavy atom. The summed E-state index contributed by atoms with van der Waals surface area (Å²) in [5, 5.41) is 3.98. The Balaban J connectivity index is 1.81. The average Bonchev–Trinajstić information content (AvgIpc) is 2.75. The van der Waals surface area contributed by atoms with E-state index in [0.717, 1.165) is 22.8 Å². The minimum absolute atomic E-state index is 0.0569. The quantitative estimate of drug-likeness (QED) is 0.566. The molecule has 1 heterocycles. The van der Waals surface area contributed by atoms with Crippen molar-refractivity contribution >= 4 is 23.1 Å². The zero-order valence-corrected chi connectivity index (χ0v) is 15.9. The van der Waals surface area contributed by atoms with Gasteiger partial charge in [-0.2, -0.15) is 0 Å². The van der Waals surface area contributed by atoms with Gasteiger partial charge < -0.3 is 10.2 Å². The van der Waals surface area contributed by atoms with Crippen LogP contribution in [0, 0.1) is 5.92 Å². The molecule has 8 heteroatoms. The second kappa shape index (κ2) is 8.20. The summed E-state index contributed by atoms with van der Waals surface area (Å²) in [4.78, 5) is 6.54. The molecule has 0 unspecified atom stereocenters. The summed E-state index contributed by atoms with van der Waals surface area (Å²) in [6.07, 6.45) is -3.47. The monoisotopic (exact) mass is 401 g/mol. The SMILES string of the molecule is C=C1CNCc2cc(Cl)ccc2N1C(=NC)C1CCC(OC(F)(F)F)CC1. The van der Waals surface area contributed by atoms with Crippen molar-refractivity contribution in [3.05, 3.63) is 41.1 Å². The molecule has 1 aromatic rings. The Morgan fingerprint density at radius 1 is 1.26 bits per heavy atom. The number of alkyl halides is 3. The molecule has 0 amide bonds. The van der Waals surface area contributed by atoms with Crippen molar-refractivity contribution in [2.24, 2.45) is 10.9 Å². The summed E-state index contributed by atoms with van der Waals surface area (Å²) in [5.41, 5.74) is 2.85. The first-order valence-electron chi connectivity index (χ1n) is 8.96. The van der Waals surface area contributed by atoms with Crippen LogP contribution < -0.4 is 10.2 Å². The van der Waals surface area contributed by atoms with Gasteiger partial charge in [0.2, 0.25) is 0 Å². The Bertz CT molecular complexity index is 727. The highest BCUT2D eigenvalue weighted by molar-refractivity contribution is 6.30. The largest absolute Gasteiger partial charge is 0.522 e. The second-order valence-corrected chi connectivity index (χ2v) is 7.33. The third-order valence-corrected chi connectivity index (χ3v) is 5.28. The Morgan fingerprint density at radius 2 is 1.96 bits per heavy atom. The van der Waals surface area contributed by atoms with Gasteiger partial charge in [-0.05, 0) is 49.4 Å². The van der Waals surface area contributed by atoms with E-state index in [-0.39, 0.29) is 5.92 Å². The van der Waals surface area contributed by atoms with Gasteiger partial charge in [0.05, 0.1) is 11.8 Å². The van der Waals surface area contributed by atoms with E-state index in [4.69, 9.17) is 11.6 Å². The molecule has 148 valence electrons. The molecule has 0 bridgehead atoms. The van der Waals surface area contributed by atoms with Gasteiger partial charge in [0.15, 0.2) is 0 Å². The van der Waals surface area contributed by atoms with Crippen molar-refractivity contribution in [1.82, 2.24) is 5.32 Å². The molecule has 0 aromatic heterocycles. The third kappa shape index (κ3) is 4.83. The summed E-state index contributed by atoms with van der Waals surface area (Å²) in [6.45, 7) is 5.44. The molecule has 1 aliphatic carbocycles. The molecule has 1 N–H and O–H groups in total. The van der Waals surface area contributed by atoms with Gasteiger partial charge in [-0.1, -0.05) is 18.2 Å². The number of nitrogens with one attached hydrogen (secondary N) is 1. The highest BCUT2D eigenvalue weighted by Gasteiger charge is 2.37. The first-order valence-corrected chi connectivity index (χ1v) is 9.34. The molecule has 4 nitrogen and oxygen atoms in total. The lowest BCUT2D eigenvalue weighted by Crippen LogP contribution is -2.40. The maximum Gasteiger partial charge on any atom is 0.522 e. The van der Waals surface area contributed by atoms with Crippen LogP contribution >= 0.6 is 11.6 Å². The highest BCUT2D eigenvalue weighted by atomic mass is 35.5. The summed E-state index contributed by atoms with van der Waals surface area (Å²) < 4.78 is 41.6. The second-order valence-electron chi connectivity index (χ2n) is 6.90. The molecule has 1 aliphatic heterocycles. The van der Waals surface area contributed by atoms with Crippen LogP contribution in [-0.2, 0) is 11.3 Å². The summed E-state index contributed by atoms with van der Waals surface area (Å²) >= 11 is 6.14. The van der Waals surface area contributed by atoms with Crippen LogP contribution in [0.1, 0.15) is 31.2 Å². The van der Waals surface area contributed by atoms with Crippen LogP contribution in [-0.4, -0.2) is 31.9 Å². The lowest BCUT2D eigenvalue weighted by atomic mass is 9.85. The fourth-order valence-electron chi connectivity index (χ4n) is 3.88.